The summed E-state index contributed by atoms with van der Waals surface area (Å²) < 4.78 is 34.3. The standard InChI is InChI=1S/C55H60N4O10S/c1-4-7-8-15-33-59(55-58-47-23-20-32-56-52(47)70-55)57-39-42-38-48(68-53(62)40-24-28-43(29-25-40)64-34-16-9-11-18-36-66-49(60)5-2)45-21-13-14-22-46(45)51(42)69-54(63)41-26-30-44(31-27-41)65-35-17-10-12-19-37-67-50(61)6-3/h5-6,13-14,20-32,38-39H,2-4,7-12,15-19,33-37H2,1H3. The lowest BCUT2D eigenvalue weighted by molar-refractivity contribution is -0.138. The number of carbonyl (C=O) groups is 4. The van der Waals surface area contributed by atoms with Crippen molar-refractivity contribution in [1.29, 1.82) is 0 Å². The SMILES string of the molecule is C=CC(=O)OCCCCCCOc1ccc(C(=O)Oc2cc(C=NN(CCCCCC)c3nc4cccnc4s3)c(OC(=O)c3ccc(OCCCCCCOC(=O)C=C)cc3)c3ccccc23)cc1. The lowest BCUT2D eigenvalue weighted by Gasteiger charge is -2.17. The van der Waals surface area contributed by atoms with Gasteiger partial charge in [0, 0.05) is 41.2 Å². The average molecular weight is 969 g/mol. The topological polar surface area (TPSA) is 165 Å². The number of benzene rings is 4. The molecule has 14 nitrogen and oxygen atoms in total. The molecule has 0 aliphatic heterocycles. The van der Waals surface area contributed by atoms with Gasteiger partial charge in [0.1, 0.15) is 33.3 Å². The van der Waals surface area contributed by atoms with Gasteiger partial charge in [-0.1, -0.05) is 74.9 Å². The van der Waals surface area contributed by atoms with Crippen molar-refractivity contribution in [1.82, 2.24) is 9.97 Å². The quantitative estimate of drug-likeness (QED) is 0.0105. The fraction of sp³-hybridized carbons (Fsp3) is 0.327. The lowest BCUT2D eigenvalue weighted by Crippen LogP contribution is -2.18. The monoisotopic (exact) mass is 968 g/mol. The number of pyridine rings is 1. The van der Waals surface area contributed by atoms with Crippen LogP contribution in [-0.4, -0.2) is 73.0 Å². The van der Waals surface area contributed by atoms with E-state index in [9.17, 15) is 19.2 Å². The predicted molar refractivity (Wildman–Crippen MR) is 273 cm³/mol. The number of hydrogen-bond donors (Lipinski definition) is 0. The van der Waals surface area contributed by atoms with E-state index in [4.69, 9.17) is 38.5 Å². The van der Waals surface area contributed by atoms with Crippen molar-refractivity contribution in [2.75, 3.05) is 38.0 Å². The number of hydrogen-bond acceptors (Lipinski definition) is 15. The van der Waals surface area contributed by atoms with Gasteiger partial charge in [-0.3, -0.25) is 0 Å². The third kappa shape index (κ3) is 16.1. The Morgan fingerprint density at radius 2 is 1.20 bits per heavy atom. The molecular weight excluding hydrogens is 909 g/mol. The number of carbonyl (C=O) groups excluding carboxylic acids is 4. The van der Waals surface area contributed by atoms with Gasteiger partial charge in [0.25, 0.3) is 0 Å². The molecule has 70 heavy (non-hydrogen) atoms. The summed E-state index contributed by atoms with van der Waals surface area (Å²) >= 11 is 1.43. The minimum atomic E-state index is -0.601. The van der Waals surface area contributed by atoms with Crippen molar-refractivity contribution >= 4 is 67.7 Å². The summed E-state index contributed by atoms with van der Waals surface area (Å²) in [6.07, 6.45) is 16.5. The molecule has 4 aromatic carbocycles. The van der Waals surface area contributed by atoms with E-state index in [1.165, 1.54) is 11.3 Å². The number of thiazole rings is 1. The van der Waals surface area contributed by atoms with Crippen LogP contribution in [-0.2, 0) is 19.1 Å². The second-order valence-electron chi connectivity index (χ2n) is 16.2. The Balaban J connectivity index is 1.19. The highest BCUT2D eigenvalue weighted by molar-refractivity contribution is 7.21. The number of aromatic nitrogens is 2. The summed E-state index contributed by atoms with van der Waals surface area (Å²) in [4.78, 5) is 60.3. The molecule has 2 heterocycles. The molecule has 0 fully saturated rings. The number of rotatable bonds is 30. The maximum Gasteiger partial charge on any atom is 0.343 e. The molecular formula is C55H60N4O10S. The van der Waals surface area contributed by atoms with Crippen LogP contribution in [0, 0.1) is 0 Å². The molecule has 2 aromatic heterocycles. The molecule has 15 heteroatoms. The first kappa shape index (κ1) is 52.0. The third-order valence-corrected chi connectivity index (χ3v) is 11.9. The molecule has 366 valence electrons. The molecule has 0 N–H and O–H groups in total. The predicted octanol–water partition coefficient (Wildman–Crippen LogP) is 12.0. The normalized spacial score (nSPS) is 11.0. The molecule has 0 spiro atoms. The maximum atomic E-state index is 14.0. The minimum absolute atomic E-state index is 0.235. The first-order valence-corrected chi connectivity index (χ1v) is 24.6. The van der Waals surface area contributed by atoms with Crippen LogP contribution in [0.5, 0.6) is 23.0 Å². The van der Waals surface area contributed by atoms with Gasteiger partial charge in [-0.25, -0.2) is 34.2 Å². The molecule has 0 aliphatic carbocycles. The highest BCUT2D eigenvalue weighted by Gasteiger charge is 2.21. The highest BCUT2D eigenvalue weighted by Crippen LogP contribution is 2.38. The van der Waals surface area contributed by atoms with E-state index in [-0.39, 0.29) is 11.5 Å². The molecule has 0 unspecified atom stereocenters. The molecule has 0 amide bonds. The Morgan fingerprint density at radius 1 is 0.643 bits per heavy atom. The molecule has 0 saturated carbocycles. The number of hydrazone groups is 1. The second-order valence-corrected chi connectivity index (χ2v) is 17.1. The van der Waals surface area contributed by atoms with Crippen molar-refractivity contribution in [3.8, 4) is 23.0 Å². The summed E-state index contributed by atoms with van der Waals surface area (Å²) in [5.41, 5.74) is 1.78. The Kier molecular flexibility index (Phi) is 20.9. The van der Waals surface area contributed by atoms with Gasteiger partial charge in [-0.2, -0.15) is 5.10 Å². The van der Waals surface area contributed by atoms with Crippen molar-refractivity contribution in [3.05, 3.63) is 139 Å². The largest absolute Gasteiger partial charge is 0.494 e. The zero-order valence-corrected chi connectivity index (χ0v) is 40.5. The van der Waals surface area contributed by atoms with Gasteiger partial charge in [-0.05, 0) is 125 Å². The molecule has 6 aromatic rings. The van der Waals surface area contributed by atoms with E-state index in [0.717, 1.165) is 99.5 Å². The Bertz CT molecular complexity index is 2670. The van der Waals surface area contributed by atoms with E-state index in [1.807, 2.05) is 35.3 Å². The van der Waals surface area contributed by atoms with Crippen molar-refractivity contribution < 1.29 is 47.6 Å². The number of esters is 4. The van der Waals surface area contributed by atoms with Gasteiger partial charge in [0.15, 0.2) is 0 Å². The number of nitrogens with zero attached hydrogens (tertiary/aromatic N) is 4. The lowest BCUT2D eigenvalue weighted by atomic mass is 10.0. The van der Waals surface area contributed by atoms with Crippen molar-refractivity contribution in [2.45, 2.75) is 84.0 Å². The van der Waals surface area contributed by atoms with Crippen LogP contribution in [0.3, 0.4) is 0 Å². The minimum Gasteiger partial charge on any atom is -0.494 e. The third-order valence-electron chi connectivity index (χ3n) is 10.9. The molecule has 0 aliphatic rings. The molecule has 0 saturated heterocycles. The second kappa shape index (κ2) is 28.2. The summed E-state index contributed by atoms with van der Waals surface area (Å²) in [5.74, 6) is -0.313. The Labute approximate surface area is 412 Å². The first-order chi connectivity index (χ1) is 34.3. The smallest absolute Gasteiger partial charge is 0.343 e. The molecule has 6 rings (SSSR count). The van der Waals surface area contributed by atoms with Gasteiger partial charge >= 0.3 is 23.9 Å². The van der Waals surface area contributed by atoms with Crippen LogP contribution in [0.1, 0.15) is 110 Å². The van der Waals surface area contributed by atoms with Crippen LogP contribution in [0.4, 0.5) is 5.13 Å². The van der Waals surface area contributed by atoms with Crippen LogP contribution in [0.25, 0.3) is 21.1 Å². The summed E-state index contributed by atoms with van der Waals surface area (Å²) in [6.45, 7) is 11.3. The van der Waals surface area contributed by atoms with E-state index < -0.39 is 23.9 Å². The van der Waals surface area contributed by atoms with Crippen LogP contribution >= 0.6 is 11.3 Å². The van der Waals surface area contributed by atoms with E-state index in [0.29, 0.717) is 77.1 Å². The molecule has 0 radical (unpaired) electrons. The molecule has 0 bridgehead atoms. The van der Waals surface area contributed by atoms with Crippen molar-refractivity contribution in [2.24, 2.45) is 5.10 Å². The van der Waals surface area contributed by atoms with Gasteiger partial charge in [0.05, 0.1) is 43.8 Å². The van der Waals surface area contributed by atoms with Crippen LogP contribution in [0.15, 0.2) is 128 Å². The summed E-state index contributed by atoms with van der Waals surface area (Å²) in [7, 11) is 0. The van der Waals surface area contributed by atoms with E-state index in [2.05, 4.69) is 25.1 Å². The first-order valence-electron chi connectivity index (χ1n) is 23.8. The Hall–Kier alpha value is -7.39. The summed E-state index contributed by atoms with van der Waals surface area (Å²) in [5, 5.41) is 8.53. The van der Waals surface area contributed by atoms with Gasteiger partial charge < -0.3 is 28.4 Å². The molecule has 0 atom stereocenters. The highest BCUT2D eigenvalue weighted by atomic mass is 32.1. The fourth-order valence-corrected chi connectivity index (χ4v) is 8.06. The number of anilines is 1. The maximum absolute atomic E-state index is 14.0. The van der Waals surface area contributed by atoms with Crippen LogP contribution < -0.4 is 24.0 Å². The zero-order chi connectivity index (χ0) is 49.3. The zero-order valence-electron chi connectivity index (χ0n) is 39.7. The number of fused-ring (bicyclic) bond motifs is 2. The number of unbranched alkanes of at least 4 members (excludes halogenated alkanes) is 9. The Morgan fingerprint density at radius 3 is 1.77 bits per heavy atom. The average Bonchev–Trinajstić information content (AvgIpc) is 3.83. The van der Waals surface area contributed by atoms with Gasteiger partial charge in [-0.15, -0.1) is 0 Å². The van der Waals surface area contributed by atoms with E-state index in [1.54, 1.807) is 73.1 Å². The van der Waals surface area contributed by atoms with E-state index >= 15 is 0 Å². The fourth-order valence-electron chi connectivity index (χ4n) is 7.17. The van der Waals surface area contributed by atoms with Gasteiger partial charge in [0.2, 0.25) is 5.13 Å². The number of ether oxygens (including phenoxy) is 6. The van der Waals surface area contributed by atoms with Crippen LogP contribution in [0.2, 0.25) is 0 Å². The van der Waals surface area contributed by atoms with Crippen molar-refractivity contribution in [3.63, 3.8) is 0 Å². The summed E-state index contributed by atoms with van der Waals surface area (Å²) in [6, 6.07) is 26.2.